The van der Waals surface area contributed by atoms with E-state index in [9.17, 15) is 9.59 Å². The molecule has 6 heteroatoms. The van der Waals surface area contributed by atoms with Gasteiger partial charge in [0.15, 0.2) is 23.1 Å². The summed E-state index contributed by atoms with van der Waals surface area (Å²) in [7, 11) is 0. The number of fused-ring (bicyclic) bond motifs is 1. The molecule has 0 saturated carbocycles. The maximum Gasteiger partial charge on any atom is 0.231 e. The van der Waals surface area contributed by atoms with Crippen LogP contribution in [0.5, 0.6) is 11.5 Å². The van der Waals surface area contributed by atoms with Crippen molar-refractivity contribution in [3.05, 3.63) is 69.5 Å². The molecule has 138 valence electrons. The second-order valence-electron chi connectivity index (χ2n) is 6.14. The first kappa shape index (κ1) is 18.2. The van der Waals surface area contributed by atoms with Crippen LogP contribution in [0.25, 0.3) is 0 Å². The summed E-state index contributed by atoms with van der Waals surface area (Å²) in [5.74, 6) is 1.95. The molecule has 0 spiro atoms. The highest BCUT2D eigenvalue weighted by molar-refractivity contribution is 8.22. The highest BCUT2D eigenvalue weighted by atomic mass is 32.2. The van der Waals surface area contributed by atoms with Crippen LogP contribution in [0.1, 0.15) is 34.5 Å². The summed E-state index contributed by atoms with van der Waals surface area (Å²) < 4.78 is 11.6. The average molecular weight is 399 g/mol. The van der Waals surface area contributed by atoms with Gasteiger partial charge in [0.2, 0.25) is 6.79 Å². The summed E-state index contributed by atoms with van der Waals surface area (Å²) in [5, 5.41) is -0.0339. The summed E-state index contributed by atoms with van der Waals surface area (Å²) in [6, 6.07) is 14.8. The van der Waals surface area contributed by atoms with Crippen LogP contribution < -0.4 is 9.47 Å². The van der Waals surface area contributed by atoms with Gasteiger partial charge in [-0.3, -0.25) is 9.59 Å². The standard InChI is InChI=1S/C21H18O4S2/c1-2-26-21-19(20(23)13-6-4-3-5-7-13)15(22)11-18(27-21)14-8-9-16-17(10-14)25-12-24-16/h3-10,18H,2,11-12H2,1H3/t18-/m0/s1. The number of thioether (sulfide) groups is 2. The smallest absolute Gasteiger partial charge is 0.231 e. The van der Waals surface area contributed by atoms with Gasteiger partial charge in [-0.2, -0.15) is 0 Å². The zero-order valence-electron chi connectivity index (χ0n) is 14.8. The third-order valence-corrected chi connectivity index (χ3v) is 6.95. The Bertz CT molecular complexity index is 921. The van der Waals surface area contributed by atoms with Gasteiger partial charge >= 0.3 is 0 Å². The maximum absolute atomic E-state index is 13.0. The molecule has 2 aromatic rings. The van der Waals surface area contributed by atoms with E-state index in [2.05, 4.69) is 0 Å². The van der Waals surface area contributed by atoms with E-state index < -0.39 is 0 Å². The number of carbonyl (C=O) groups excluding carboxylic acids is 2. The molecule has 2 aromatic carbocycles. The van der Waals surface area contributed by atoms with Gasteiger partial charge in [-0.25, -0.2) is 0 Å². The van der Waals surface area contributed by atoms with Gasteiger partial charge < -0.3 is 9.47 Å². The molecule has 27 heavy (non-hydrogen) atoms. The lowest BCUT2D eigenvalue weighted by Gasteiger charge is -2.25. The molecule has 0 bridgehead atoms. The van der Waals surface area contributed by atoms with Gasteiger partial charge in [-0.15, -0.1) is 23.5 Å². The lowest BCUT2D eigenvalue weighted by atomic mass is 9.96. The summed E-state index contributed by atoms with van der Waals surface area (Å²) in [6.07, 6.45) is 0.298. The summed E-state index contributed by atoms with van der Waals surface area (Å²) >= 11 is 3.15. The molecule has 2 aliphatic rings. The van der Waals surface area contributed by atoms with Crippen molar-refractivity contribution in [2.75, 3.05) is 12.5 Å². The molecule has 0 radical (unpaired) electrons. The molecule has 0 unspecified atom stereocenters. The zero-order chi connectivity index (χ0) is 18.8. The Hall–Kier alpha value is -2.18. The molecule has 0 saturated heterocycles. The third kappa shape index (κ3) is 3.64. The van der Waals surface area contributed by atoms with E-state index >= 15 is 0 Å². The molecule has 2 heterocycles. The highest BCUT2D eigenvalue weighted by Crippen LogP contribution is 2.50. The fraction of sp³-hybridized carbons (Fsp3) is 0.238. The van der Waals surface area contributed by atoms with Crippen LogP contribution in [-0.4, -0.2) is 24.1 Å². The first-order chi connectivity index (χ1) is 13.2. The van der Waals surface area contributed by atoms with Crippen LogP contribution >= 0.6 is 23.5 Å². The number of hydrogen-bond acceptors (Lipinski definition) is 6. The maximum atomic E-state index is 13.0. The van der Waals surface area contributed by atoms with Crippen LogP contribution in [0.4, 0.5) is 0 Å². The van der Waals surface area contributed by atoms with Crippen molar-refractivity contribution < 1.29 is 19.1 Å². The monoisotopic (exact) mass is 398 g/mol. The van der Waals surface area contributed by atoms with E-state index in [0.29, 0.717) is 23.3 Å². The van der Waals surface area contributed by atoms with Crippen molar-refractivity contribution in [2.45, 2.75) is 18.6 Å². The van der Waals surface area contributed by atoms with Crippen LogP contribution in [-0.2, 0) is 4.79 Å². The van der Waals surface area contributed by atoms with E-state index in [1.54, 1.807) is 35.7 Å². The van der Waals surface area contributed by atoms with Crippen molar-refractivity contribution in [3.8, 4) is 11.5 Å². The molecule has 1 atom stereocenters. The second kappa shape index (κ2) is 7.82. The quantitative estimate of drug-likeness (QED) is 0.521. The molecule has 0 aromatic heterocycles. The Morgan fingerprint density at radius 3 is 2.70 bits per heavy atom. The van der Waals surface area contributed by atoms with Crippen LogP contribution in [0.3, 0.4) is 0 Å². The van der Waals surface area contributed by atoms with E-state index in [4.69, 9.17) is 9.47 Å². The number of benzene rings is 2. The fourth-order valence-corrected chi connectivity index (χ4v) is 5.79. The number of ether oxygens (including phenoxy) is 2. The summed E-state index contributed by atoms with van der Waals surface area (Å²) in [4.78, 5) is 25.9. The van der Waals surface area contributed by atoms with Crippen molar-refractivity contribution >= 4 is 35.1 Å². The van der Waals surface area contributed by atoms with Gasteiger partial charge in [0.05, 0.1) is 9.81 Å². The van der Waals surface area contributed by atoms with Crippen LogP contribution in [0.2, 0.25) is 0 Å². The minimum Gasteiger partial charge on any atom is -0.454 e. The second-order valence-corrected chi connectivity index (χ2v) is 8.88. The molecular weight excluding hydrogens is 380 g/mol. The minimum absolute atomic E-state index is 0.0339. The minimum atomic E-state index is -0.187. The lowest BCUT2D eigenvalue weighted by molar-refractivity contribution is -0.115. The van der Waals surface area contributed by atoms with Gasteiger partial charge in [0.25, 0.3) is 0 Å². The number of ketones is 2. The molecule has 4 rings (SSSR count). The van der Waals surface area contributed by atoms with E-state index in [1.807, 2.05) is 43.3 Å². The molecule has 0 aliphatic carbocycles. The number of allylic oxidation sites excluding steroid dienone is 1. The lowest BCUT2D eigenvalue weighted by Crippen LogP contribution is -2.20. The van der Waals surface area contributed by atoms with Crippen molar-refractivity contribution in [3.63, 3.8) is 0 Å². The first-order valence-electron chi connectivity index (χ1n) is 8.73. The topological polar surface area (TPSA) is 52.6 Å². The molecule has 0 amide bonds. The van der Waals surface area contributed by atoms with Gasteiger partial charge in [0.1, 0.15) is 0 Å². The predicted molar refractivity (Wildman–Crippen MR) is 108 cm³/mol. The Labute approximate surface area is 166 Å². The van der Waals surface area contributed by atoms with Crippen molar-refractivity contribution in [1.29, 1.82) is 0 Å². The summed E-state index contributed by atoms with van der Waals surface area (Å²) in [6.45, 7) is 2.25. The Balaban J connectivity index is 1.67. The third-order valence-electron chi connectivity index (χ3n) is 4.41. The van der Waals surface area contributed by atoms with Crippen molar-refractivity contribution in [1.82, 2.24) is 0 Å². The number of hydrogen-bond donors (Lipinski definition) is 0. The van der Waals surface area contributed by atoms with Gasteiger partial charge in [-0.1, -0.05) is 43.3 Å². The largest absolute Gasteiger partial charge is 0.454 e. The van der Waals surface area contributed by atoms with E-state index in [1.165, 1.54) is 0 Å². The van der Waals surface area contributed by atoms with Crippen molar-refractivity contribution in [2.24, 2.45) is 0 Å². The SMILES string of the molecule is CCSC1=C(C(=O)c2ccccc2)C(=O)C[C@@H](c2ccc3c(c2)OCO3)S1. The van der Waals surface area contributed by atoms with Crippen LogP contribution in [0, 0.1) is 0 Å². The summed E-state index contributed by atoms with van der Waals surface area (Å²) in [5.41, 5.74) is 1.89. The zero-order valence-corrected chi connectivity index (χ0v) is 16.4. The first-order valence-corrected chi connectivity index (χ1v) is 10.6. The van der Waals surface area contributed by atoms with E-state index in [0.717, 1.165) is 21.3 Å². The predicted octanol–water partition coefficient (Wildman–Crippen LogP) is 5.01. The van der Waals surface area contributed by atoms with Gasteiger partial charge in [-0.05, 0) is 23.4 Å². The molecule has 0 N–H and O–H groups in total. The molecular formula is C21H18O4S2. The van der Waals surface area contributed by atoms with E-state index in [-0.39, 0.29) is 23.6 Å². The normalized spacial score (nSPS) is 18.7. The fourth-order valence-electron chi connectivity index (χ4n) is 3.10. The molecule has 4 nitrogen and oxygen atoms in total. The van der Waals surface area contributed by atoms with Gasteiger partial charge in [0, 0.05) is 17.2 Å². The number of rotatable bonds is 5. The Morgan fingerprint density at radius 2 is 1.93 bits per heavy atom. The highest BCUT2D eigenvalue weighted by Gasteiger charge is 2.34. The average Bonchev–Trinajstić information content (AvgIpc) is 3.16. The number of carbonyl (C=O) groups is 2. The number of Topliss-reactive ketones (excluding diaryl/α,β-unsaturated/α-hetero) is 2. The molecule has 2 aliphatic heterocycles. The Morgan fingerprint density at radius 1 is 1.15 bits per heavy atom. The van der Waals surface area contributed by atoms with Crippen LogP contribution in [0.15, 0.2) is 58.3 Å². The Kier molecular flexibility index (Phi) is 5.27. The molecule has 0 fully saturated rings.